The van der Waals surface area contributed by atoms with Crippen molar-refractivity contribution in [1.29, 1.82) is 0 Å². The molecular weight excluding hydrogens is 408 g/mol. The summed E-state index contributed by atoms with van der Waals surface area (Å²) >= 11 is 1.63. The maximum absolute atomic E-state index is 12.4. The van der Waals surface area contributed by atoms with E-state index in [-0.39, 0.29) is 12.5 Å². The summed E-state index contributed by atoms with van der Waals surface area (Å²) in [7, 11) is 0. The van der Waals surface area contributed by atoms with Gasteiger partial charge in [-0.05, 0) is 27.8 Å². The van der Waals surface area contributed by atoms with Crippen LogP contribution in [0, 0.1) is 0 Å². The first kappa shape index (κ1) is 21.0. The van der Waals surface area contributed by atoms with Crippen LogP contribution in [0.15, 0.2) is 78.9 Å². The molecule has 0 spiro atoms. The molecule has 4 rings (SSSR count). The molecule has 31 heavy (non-hydrogen) atoms. The third-order valence-electron chi connectivity index (χ3n) is 5.30. The molecule has 0 saturated heterocycles. The molecule has 0 aliphatic heterocycles. The molecule has 3 aromatic carbocycles. The number of thioether (sulfide) groups is 1. The molecule has 2 N–H and O–H groups in total. The molecule has 0 unspecified atom stereocenters. The first-order valence-corrected chi connectivity index (χ1v) is 11.3. The number of hydrogen-bond acceptors (Lipinski definition) is 4. The number of nitrogens with one attached hydrogen (secondary N) is 2. The van der Waals surface area contributed by atoms with Gasteiger partial charge in [0, 0.05) is 17.4 Å². The van der Waals surface area contributed by atoms with Gasteiger partial charge in [-0.15, -0.1) is 0 Å². The molecular formula is C25H24N2O3S. The quantitative estimate of drug-likeness (QED) is 0.385. The van der Waals surface area contributed by atoms with Crippen molar-refractivity contribution in [3.05, 3.63) is 95.6 Å². The van der Waals surface area contributed by atoms with E-state index in [9.17, 15) is 9.59 Å². The lowest BCUT2D eigenvalue weighted by Crippen LogP contribution is -2.47. The van der Waals surface area contributed by atoms with Gasteiger partial charge < -0.3 is 15.4 Å². The molecule has 0 bridgehead atoms. The van der Waals surface area contributed by atoms with Gasteiger partial charge in [0.25, 0.3) is 0 Å². The van der Waals surface area contributed by atoms with Gasteiger partial charge in [-0.3, -0.25) is 4.79 Å². The van der Waals surface area contributed by atoms with Gasteiger partial charge in [0.1, 0.15) is 12.8 Å². The van der Waals surface area contributed by atoms with Crippen molar-refractivity contribution in [3.8, 4) is 11.1 Å². The largest absolute Gasteiger partial charge is 0.449 e. The summed E-state index contributed by atoms with van der Waals surface area (Å²) in [6.45, 7) is 0.241. The minimum atomic E-state index is -0.540. The zero-order chi connectivity index (χ0) is 21.5. The molecule has 0 saturated carbocycles. The number of carbonyl (C=O) groups excluding carboxylic acids is 2. The van der Waals surface area contributed by atoms with Gasteiger partial charge in [0.05, 0.1) is 0 Å². The molecule has 1 aliphatic carbocycles. The van der Waals surface area contributed by atoms with E-state index < -0.39 is 12.3 Å². The van der Waals surface area contributed by atoms with Crippen LogP contribution in [0.5, 0.6) is 0 Å². The fraction of sp³-hybridized carbons (Fsp3) is 0.200. The lowest BCUT2D eigenvalue weighted by Gasteiger charge is -2.19. The number of ether oxygens (including phenoxy) is 1. The Bertz CT molecular complexity index is 996. The van der Waals surface area contributed by atoms with E-state index in [1.54, 1.807) is 11.8 Å². The lowest BCUT2D eigenvalue weighted by atomic mass is 9.98. The van der Waals surface area contributed by atoms with Crippen molar-refractivity contribution in [2.45, 2.75) is 17.8 Å². The number of benzene rings is 3. The van der Waals surface area contributed by atoms with Crippen LogP contribution in [0.1, 0.15) is 22.6 Å². The fourth-order valence-electron chi connectivity index (χ4n) is 3.86. The summed E-state index contributed by atoms with van der Waals surface area (Å²) < 4.78 is 5.57. The number of fused-ring (bicyclic) bond motifs is 3. The Kier molecular flexibility index (Phi) is 6.89. The molecule has 0 radical (unpaired) electrons. The predicted molar refractivity (Wildman–Crippen MR) is 124 cm³/mol. The predicted octanol–water partition coefficient (Wildman–Crippen LogP) is 4.53. The van der Waals surface area contributed by atoms with Gasteiger partial charge in [0.15, 0.2) is 0 Å². The fourth-order valence-corrected chi connectivity index (χ4v) is 4.83. The van der Waals surface area contributed by atoms with Crippen LogP contribution in [0.4, 0.5) is 4.79 Å². The van der Waals surface area contributed by atoms with E-state index in [1.807, 2.05) is 54.6 Å². The van der Waals surface area contributed by atoms with Crippen molar-refractivity contribution in [2.24, 2.45) is 0 Å². The third-order valence-corrected chi connectivity index (χ3v) is 6.41. The Labute approximate surface area is 186 Å². The maximum atomic E-state index is 12.4. The highest BCUT2D eigenvalue weighted by Gasteiger charge is 2.29. The van der Waals surface area contributed by atoms with Crippen LogP contribution in [0.3, 0.4) is 0 Å². The molecule has 1 atom stereocenters. The van der Waals surface area contributed by atoms with Gasteiger partial charge in [-0.1, -0.05) is 78.9 Å². The van der Waals surface area contributed by atoms with Gasteiger partial charge >= 0.3 is 6.09 Å². The van der Waals surface area contributed by atoms with E-state index in [2.05, 4.69) is 34.9 Å². The van der Waals surface area contributed by atoms with Crippen molar-refractivity contribution >= 4 is 24.3 Å². The molecule has 158 valence electrons. The zero-order valence-electron chi connectivity index (χ0n) is 17.0. The second kappa shape index (κ2) is 10.2. The summed E-state index contributed by atoms with van der Waals surface area (Å²) in [6, 6.07) is 26.5. The molecule has 6 heteroatoms. The molecule has 5 nitrogen and oxygen atoms in total. The van der Waals surface area contributed by atoms with E-state index in [0.717, 1.165) is 16.9 Å². The number of carbonyl (C=O) groups is 2. The minimum Gasteiger partial charge on any atom is -0.449 e. The Morgan fingerprint density at radius 3 is 2.19 bits per heavy atom. The minimum absolute atomic E-state index is 0.00286. The first-order chi connectivity index (χ1) is 15.3. The monoisotopic (exact) mass is 432 g/mol. The van der Waals surface area contributed by atoms with Crippen molar-refractivity contribution in [1.82, 2.24) is 10.6 Å². The smallest absolute Gasteiger partial charge is 0.408 e. The van der Waals surface area contributed by atoms with Gasteiger partial charge in [-0.25, -0.2) is 4.79 Å². The molecule has 0 heterocycles. The normalized spacial score (nSPS) is 13.0. The number of hydrogen-bond donors (Lipinski definition) is 2. The Morgan fingerprint density at radius 1 is 0.935 bits per heavy atom. The number of amides is 2. The zero-order valence-corrected chi connectivity index (χ0v) is 17.8. The van der Waals surface area contributed by atoms with Gasteiger partial charge in [-0.2, -0.15) is 11.8 Å². The van der Waals surface area contributed by atoms with Crippen LogP contribution in [-0.4, -0.2) is 31.0 Å². The summed E-state index contributed by atoms with van der Waals surface area (Å²) in [6.07, 6.45) is -0.444. The lowest BCUT2D eigenvalue weighted by molar-refractivity contribution is -0.110. The van der Waals surface area contributed by atoms with Crippen LogP contribution < -0.4 is 10.6 Å². The highest BCUT2D eigenvalue weighted by atomic mass is 32.2. The molecule has 2 amide bonds. The summed E-state index contributed by atoms with van der Waals surface area (Å²) in [4.78, 5) is 23.4. The highest BCUT2D eigenvalue weighted by Crippen LogP contribution is 2.44. The first-order valence-electron chi connectivity index (χ1n) is 10.2. The Hall–Kier alpha value is -3.25. The Balaban J connectivity index is 1.33. The Morgan fingerprint density at radius 2 is 1.55 bits per heavy atom. The van der Waals surface area contributed by atoms with Crippen LogP contribution in [0.2, 0.25) is 0 Å². The van der Waals surface area contributed by atoms with Gasteiger partial charge in [0.2, 0.25) is 6.41 Å². The maximum Gasteiger partial charge on any atom is 0.408 e. The standard InChI is InChI=1S/C25H24N2O3S/c28-17-26-24(16-31-15-18-8-2-1-3-9-18)27-25(29)30-14-23-21-12-6-4-10-19(21)20-11-5-7-13-22(20)23/h1-13,17,23-24H,14-16H2,(H,26,28)(H,27,29)/t24-/m1/s1. The SMILES string of the molecule is O=CN[C@@H](CSCc1ccccc1)NC(=O)OCC1c2ccccc2-c2ccccc21. The molecule has 0 fully saturated rings. The van der Waals surface area contributed by atoms with E-state index in [1.165, 1.54) is 16.7 Å². The van der Waals surface area contributed by atoms with Crippen molar-refractivity contribution < 1.29 is 14.3 Å². The second-order valence-corrected chi connectivity index (χ2v) is 8.34. The second-order valence-electron chi connectivity index (χ2n) is 7.31. The summed E-state index contributed by atoms with van der Waals surface area (Å²) in [5, 5.41) is 5.40. The molecule has 0 aromatic heterocycles. The van der Waals surface area contributed by atoms with Crippen LogP contribution in [-0.2, 0) is 15.3 Å². The number of alkyl carbamates (subject to hydrolysis) is 1. The summed E-state index contributed by atoms with van der Waals surface area (Å²) in [5.74, 6) is 1.34. The topological polar surface area (TPSA) is 67.4 Å². The highest BCUT2D eigenvalue weighted by molar-refractivity contribution is 7.98. The third kappa shape index (κ3) is 5.09. The molecule has 3 aromatic rings. The van der Waals surface area contributed by atoms with Crippen molar-refractivity contribution in [2.75, 3.05) is 12.4 Å². The van der Waals surface area contributed by atoms with Crippen molar-refractivity contribution in [3.63, 3.8) is 0 Å². The van der Waals surface area contributed by atoms with E-state index in [4.69, 9.17) is 4.74 Å². The van der Waals surface area contributed by atoms with E-state index in [0.29, 0.717) is 12.2 Å². The average molecular weight is 433 g/mol. The molecule has 1 aliphatic rings. The summed E-state index contributed by atoms with van der Waals surface area (Å²) in [5.41, 5.74) is 5.89. The average Bonchev–Trinajstić information content (AvgIpc) is 3.12. The van der Waals surface area contributed by atoms with E-state index >= 15 is 0 Å². The number of rotatable bonds is 9. The van der Waals surface area contributed by atoms with Crippen LogP contribution in [0.25, 0.3) is 11.1 Å². The van der Waals surface area contributed by atoms with Crippen LogP contribution >= 0.6 is 11.8 Å².